The molecule has 0 N–H and O–H groups in total. The summed E-state index contributed by atoms with van der Waals surface area (Å²) >= 11 is 3.74. The summed E-state index contributed by atoms with van der Waals surface area (Å²) in [7, 11) is 2.16. The summed E-state index contributed by atoms with van der Waals surface area (Å²) in [5, 5.41) is 5.24. The molecule has 4 aromatic rings. The number of thiazole rings is 1. The maximum absolute atomic E-state index is 2.43. The van der Waals surface area contributed by atoms with Gasteiger partial charge in [-0.1, -0.05) is 65.6 Å². The maximum atomic E-state index is 2.43. The van der Waals surface area contributed by atoms with Crippen molar-refractivity contribution in [2.24, 2.45) is 7.05 Å². The number of hydrogen-bond donors (Lipinski definition) is 0. The molecule has 0 saturated heterocycles. The molecule has 0 atom stereocenters. The van der Waals surface area contributed by atoms with Gasteiger partial charge in [-0.15, -0.1) is 0 Å². The molecule has 0 unspecified atom stereocenters. The average Bonchev–Trinajstić information content (AvgIpc) is 3.20. The molecular weight excluding hydrogens is 356 g/mol. The molecule has 0 aliphatic carbocycles. The van der Waals surface area contributed by atoms with Crippen LogP contribution in [-0.2, 0) is 7.05 Å². The van der Waals surface area contributed by atoms with Crippen molar-refractivity contribution in [3.05, 3.63) is 70.7 Å². The van der Waals surface area contributed by atoms with E-state index in [1.54, 1.807) is 0 Å². The Bertz CT molecular complexity index is 1170. The second-order valence-electron chi connectivity index (χ2n) is 6.43. The van der Waals surface area contributed by atoms with Crippen molar-refractivity contribution in [2.45, 2.75) is 11.8 Å². The first-order valence-electron chi connectivity index (χ1n) is 8.82. The number of aryl methyl sites for hydroxylation is 1. The van der Waals surface area contributed by atoms with E-state index in [0.29, 0.717) is 0 Å². The highest BCUT2D eigenvalue weighted by Gasteiger charge is 2.27. The second-order valence-corrected chi connectivity index (χ2v) is 8.52. The van der Waals surface area contributed by atoms with Crippen molar-refractivity contribution in [2.75, 3.05) is 11.4 Å². The van der Waals surface area contributed by atoms with E-state index in [0.717, 1.165) is 6.54 Å². The highest BCUT2D eigenvalue weighted by atomic mass is 32.2. The molecule has 1 aromatic heterocycles. The predicted octanol–water partition coefficient (Wildman–Crippen LogP) is 5.81. The molecule has 5 rings (SSSR count). The zero-order chi connectivity index (χ0) is 17.7. The van der Waals surface area contributed by atoms with Crippen LogP contribution in [0.15, 0.2) is 70.6 Å². The molecule has 2 heterocycles. The van der Waals surface area contributed by atoms with Crippen LogP contribution >= 0.6 is 23.1 Å². The topological polar surface area (TPSA) is 7.12 Å². The van der Waals surface area contributed by atoms with Crippen LogP contribution in [0.3, 0.4) is 0 Å². The zero-order valence-electron chi connectivity index (χ0n) is 14.8. The maximum Gasteiger partial charge on any atom is 0.265 e. The van der Waals surface area contributed by atoms with Crippen LogP contribution in [0, 0.1) is 0 Å². The molecule has 26 heavy (non-hydrogen) atoms. The summed E-state index contributed by atoms with van der Waals surface area (Å²) in [6.45, 7) is 3.20. The van der Waals surface area contributed by atoms with Gasteiger partial charge in [0.05, 0.1) is 16.8 Å². The van der Waals surface area contributed by atoms with Gasteiger partial charge in [0.1, 0.15) is 11.7 Å². The molecule has 0 amide bonds. The summed E-state index contributed by atoms with van der Waals surface area (Å²) in [5.74, 6) is 0. The quantitative estimate of drug-likeness (QED) is 0.408. The van der Waals surface area contributed by atoms with Crippen molar-refractivity contribution in [3.8, 4) is 0 Å². The predicted molar refractivity (Wildman–Crippen MR) is 114 cm³/mol. The van der Waals surface area contributed by atoms with Gasteiger partial charge in [0.15, 0.2) is 0 Å². The van der Waals surface area contributed by atoms with Crippen LogP contribution in [0.5, 0.6) is 0 Å². The lowest BCUT2D eigenvalue weighted by atomic mass is 10.1. The van der Waals surface area contributed by atoms with Crippen molar-refractivity contribution < 1.29 is 4.57 Å². The average molecular weight is 376 g/mol. The van der Waals surface area contributed by atoms with Crippen molar-refractivity contribution >= 4 is 55.9 Å². The minimum Gasteiger partial charge on any atom is -0.335 e. The van der Waals surface area contributed by atoms with Crippen LogP contribution in [0.2, 0.25) is 0 Å². The fraction of sp³-hybridized carbons (Fsp3) is 0.136. The van der Waals surface area contributed by atoms with E-state index in [4.69, 9.17) is 0 Å². The Balaban J connectivity index is 1.66. The normalized spacial score (nSPS) is 15.3. The van der Waals surface area contributed by atoms with E-state index >= 15 is 0 Å². The van der Waals surface area contributed by atoms with Crippen molar-refractivity contribution in [3.63, 3.8) is 0 Å². The molecule has 2 nitrogen and oxygen atoms in total. The number of rotatable bonds is 2. The number of fused-ring (bicyclic) bond motifs is 4. The molecule has 0 saturated carbocycles. The van der Waals surface area contributed by atoms with Gasteiger partial charge in [-0.25, -0.2) is 0 Å². The van der Waals surface area contributed by atoms with E-state index in [1.807, 2.05) is 23.1 Å². The number of thioether (sulfide) groups is 1. The standard InChI is InChI=1S/C22H19N2S2/c1-3-24-18-13-12-15-8-4-5-9-16(15)22(18)26-21(24)14-20-23(2)17-10-6-7-11-19(17)25-20/h4-14H,3H2,1-2H3/q+1. The number of anilines is 1. The Morgan fingerprint density at radius 1 is 1.00 bits per heavy atom. The first-order chi connectivity index (χ1) is 12.8. The summed E-state index contributed by atoms with van der Waals surface area (Å²) in [5.41, 5.74) is 2.62. The van der Waals surface area contributed by atoms with E-state index in [9.17, 15) is 0 Å². The fourth-order valence-electron chi connectivity index (χ4n) is 3.62. The van der Waals surface area contributed by atoms with Gasteiger partial charge in [-0.05, 0) is 29.8 Å². The highest BCUT2D eigenvalue weighted by Crippen LogP contribution is 2.49. The van der Waals surface area contributed by atoms with Crippen LogP contribution in [0.1, 0.15) is 11.9 Å². The van der Waals surface area contributed by atoms with E-state index in [-0.39, 0.29) is 0 Å². The van der Waals surface area contributed by atoms with Gasteiger partial charge < -0.3 is 4.90 Å². The van der Waals surface area contributed by atoms with E-state index in [2.05, 4.69) is 90.2 Å². The molecule has 0 radical (unpaired) electrons. The van der Waals surface area contributed by atoms with Crippen LogP contribution in [-0.4, -0.2) is 6.54 Å². The molecule has 0 spiro atoms. The number of nitrogens with zero attached hydrogens (tertiary/aromatic N) is 2. The summed E-state index contributed by atoms with van der Waals surface area (Å²) in [4.78, 5) is 3.80. The van der Waals surface area contributed by atoms with Crippen LogP contribution in [0.25, 0.3) is 27.1 Å². The minimum atomic E-state index is 0.971. The Morgan fingerprint density at radius 3 is 2.65 bits per heavy atom. The Labute approximate surface area is 161 Å². The Hall–Kier alpha value is -2.30. The molecule has 1 aliphatic rings. The first-order valence-corrected chi connectivity index (χ1v) is 10.5. The highest BCUT2D eigenvalue weighted by molar-refractivity contribution is 8.04. The van der Waals surface area contributed by atoms with E-state index in [1.165, 1.54) is 41.6 Å². The molecule has 3 aromatic carbocycles. The van der Waals surface area contributed by atoms with Crippen LogP contribution in [0.4, 0.5) is 5.69 Å². The SMILES string of the molecule is CCN1/C(=C\c2sc3ccccc3[n+]2C)Sc2c1ccc1ccccc21. The van der Waals surface area contributed by atoms with Crippen LogP contribution < -0.4 is 9.47 Å². The van der Waals surface area contributed by atoms with Gasteiger partial charge in [-0.3, -0.25) is 0 Å². The summed E-state index contributed by atoms with van der Waals surface area (Å²) < 4.78 is 3.62. The molecular formula is C22H19N2S2+. The summed E-state index contributed by atoms with van der Waals surface area (Å²) in [6.07, 6.45) is 2.34. The first kappa shape index (κ1) is 15.9. The molecule has 0 fully saturated rings. The largest absolute Gasteiger partial charge is 0.335 e. The lowest BCUT2D eigenvalue weighted by Crippen LogP contribution is -2.29. The lowest BCUT2D eigenvalue weighted by molar-refractivity contribution is -0.642. The minimum absolute atomic E-state index is 0.971. The van der Waals surface area contributed by atoms with Crippen molar-refractivity contribution in [1.82, 2.24) is 0 Å². The van der Waals surface area contributed by atoms with Gasteiger partial charge in [0, 0.05) is 17.5 Å². The molecule has 1 aliphatic heterocycles. The van der Waals surface area contributed by atoms with Gasteiger partial charge in [0.2, 0.25) is 5.52 Å². The third-order valence-corrected chi connectivity index (χ3v) is 7.30. The number of hydrogen-bond acceptors (Lipinski definition) is 3. The summed E-state index contributed by atoms with van der Waals surface area (Å²) in [6, 6.07) is 21.8. The number of aromatic nitrogens is 1. The molecule has 128 valence electrons. The second kappa shape index (κ2) is 6.15. The van der Waals surface area contributed by atoms with Gasteiger partial charge in [-0.2, -0.15) is 4.57 Å². The molecule has 0 bridgehead atoms. The van der Waals surface area contributed by atoms with Gasteiger partial charge >= 0.3 is 0 Å². The smallest absolute Gasteiger partial charge is 0.265 e. The Morgan fingerprint density at radius 2 is 1.81 bits per heavy atom. The zero-order valence-corrected chi connectivity index (χ0v) is 16.4. The number of para-hydroxylation sites is 1. The van der Waals surface area contributed by atoms with Crippen molar-refractivity contribution in [1.29, 1.82) is 0 Å². The third kappa shape index (κ3) is 2.37. The van der Waals surface area contributed by atoms with E-state index < -0.39 is 0 Å². The van der Waals surface area contributed by atoms with Gasteiger partial charge in [0.25, 0.3) is 5.01 Å². The Kier molecular flexibility index (Phi) is 3.76. The third-order valence-electron chi connectivity index (χ3n) is 4.96. The monoisotopic (exact) mass is 375 g/mol. The number of benzene rings is 3. The lowest BCUT2D eigenvalue weighted by Gasteiger charge is -2.17. The molecule has 4 heteroatoms. The fourth-order valence-corrected chi connectivity index (χ4v) is 6.07.